The van der Waals surface area contributed by atoms with Crippen LogP contribution in [0.15, 0.2) is 54.7 Å². The summed E-state index contributed by atoms with van der Waals surface area (Å²) in [6, 6.07) is 16.4. The molecule has 19 heavy (non-hydrogen) atoms. The number of nitrogens with zero attached hydrogens (tertiary/aromatic N) is 2. The third kappa shape index (κ3) is 2.51. The molecule has 3 nitrogen and oxygen atoms in total. The number of aryl methyl sites for hydroxylation is 2. The fraction of sp³-hybridized carbons (Fsp3) is 0.188. The number of rotatable bonds is 4. The molecule has 96 valence electrons. The van der Waals surface area contributed by atoms with Gasteiger partial charge in [-0.3, -0.25) is 4.68 Å². The first-order valence-electron chi connectivity index (χ1n) is 6.46. The highest BCUT2D eigenvalue weighted by Gasteiger charge is 2.03. The lowest BCUT2D eigenvalue weighted by atomic mass is 10.1. The summed E-state index contributed by atoms with van der Waals surface area (Å²) in [5.74, 6) is 0. The molecule has 3 rings (SSSR count). The molecule has 0 amide bonds. The molecule has 0 fully saturated rings. The molecule has 0 saturated heterocycles. The number of aliphatic hydroxyl groups is 1. The monoisotopic (exact) mass is 252 g/mol. The van der Waals surface area contributed by atoms with E-state index in [9.17, 15) is 0 Å². The van der Waals surface area contributed by atoms with Crippen LogP contribution in [0.2, 0.25) is 0 Å². The SMILES string of the molecule is OCc1ccc2c(cnn2CCc2ccccc2)c1. The minimum absolute atomic E-state index is 0.0745. The first-order valence-corrected chi connectivity index (χ1v) is 6.46. The molecule has 0 saturated carbocycles. The highest BCUT2D eigenvalue weighted by atomic mass is 16.3. The summed E-state index contributed by atoms with van der Waals surface area (Å²) in [6.45, 7) is 0.942. The van der Waals surface area contributed by atoms with Crippen molar-refractivity contribution in [1.82, 2.24) is 9.78 Å². The average Bonchev–Trinajstić information content (AvgIpc) is 2.88. The molecule has 1 aromatic heterocycles. The number of aromatic nitrogens is 2. The number of hydrogen-bond acceptors (Lipinski definition) is 2. The van der Waals surface area contributed by atoms with Gasteiger partial charge in [0.1, 0.15) is 0 Å². The van der Waals surface area contributed by atoms with E-state index in [0.29, 0.717) is 0 Å². The summed E-state index contributed by atoms with van der Waals surface area (Å²) in [6.07, 6.45) is 2.83. The van der Waals surface area contributed by atoms with Crippen molar-refractivity contribution in [3.63, 3.8) is 0 Å². The number of aliphatic hydroxyl groups excluding tert-OH is 1. The third-order valence-electron chi connectivity index (χ3n) is 3.34. The van der Waals surface area contributed by atoms with Gasteiger partial charge in [-0.15, -0.1) is 0 Å². The van der Waals surface area contributed by atoms with E-state index in [4.69, 9.17) is 5.11 Å². The van der Waals surface area contributed by atoms with Gasteiger partial charge < -0.3 is 5.11 Å². The molecule has 0 aliphatic carbocycles. The van der Waals surface area contributed by atoms with Gasteiger partial charge in [-0.2, -0.15) is 5.10 Å². The Morgan fingerprint density at radius 1 is 1.00 bits per heavy atom. The summed E-state index contributed by atoms with van der Waals surface area (Å²) in [5, 5.41) is 14.6. The van der Waals surface area contributed by atoms with Crippen LogP contribution in [-0.2, 0) is 19.6 Å². The lowest BCUT2D eigenvalue weighted by Gasteiger charge is -2.04. The maximum atomic E-state index is 9.13. The van der Waals surface area contributed by atoms with Gasteiger partial charge in [0.15, 0.2) is 0 Å². The fourth-order valence-corrected chi connectivity index (χ4v) is 2.29. The first kappa shape index (κ1) is 11.9. The first-order chi connectivity index (χ1) is 9.36. The molecule has 0 atom stereocenters. The molecule has 0 aliphatic heterocycles. The van der Waals surface area contributed by atoms with Crippen LogP contribution < -0.4 is 0 Å². The van der Waals surface area contributed by atoms with Crippen LogP contribution in [0.25, 0.3) is 10.9 Å². The lowest BCUT2D eigenvalue weighted by Crippen LogP contribution is -2.02. The zero-order chi connectivity index (χ0) is 13.1. The summed E-state index contributed by atoms with van der Waals surface area (Å²) in [7, 11) is 0. The molecule has 1 heterocycles. The predicted octanol–water partition coefficient (Wildman–Crippen LogP) is 2.77. The Balaban J connectivity index is 1.82. The van der Waals surface area contributed by atoms with Gasteiger partial charge in [0.25, 0.3) is 0 Å². The molecule has 0 spiro atoms. The summed E-state index contributed by atoms with van der Waals surface area (Å²) < 4.78 is 2.02. The third-order valence-corrected chi connectivity index (χ3v) is 3.34. The van der Waals surface area contributed by atoms with E-state index in [-0.39, 0.29) is 6.61 Å². The van der Waals surface area contributed by atoms with Gasteiger partial charge in [0.05, 0.1) is 18.3 Å². The Hall–Kier alpha value is -2.13. The molecule has 0 radical (unpaired) electrons. The lowest BCUT2D eigenvalue weighted by molar-refractivity contribution is 0.282. The van der Waals surface area contributed by atoms with E-state index < -0.39 is 0 Å². The van der Waals surface area contributed by atoms with Crippen molar-refractivity contribution in [3.05, 3.63) is 65.9 Å². The molecular weight excluding hydrogens is 236 g/mol. The normalized spacial score (nSPS) is 11.0. The predicted molar refractivity (Wildman–Crippen MR) is 75.8 cm³/mol. The van der Waals surface area contributed by atoms with Crippen LogP contribution in [0.1, 0.15) is 11.1 Å². The molecule has 0 bridgehead atoms. The van der Waals surface area contributed by atoms with Gasteiger partial charge >= 0.3 is 0 Å². The summed E-state index contributed by atoms with van der Waals surface area (Å²) in [4.78, 5) is 0. The highest BCUT2D eigenvalue weighted by Crippen LogP contribution is 2.16. The van der Waals surface area contributed by atoms with Crippen molar-refractivity contribution in [3.8, 4) is 0 Å². The molecule has 0 aliphatic rings. The van der Waals surface area contributed by atoms with Gasteiger partial charge in [-0.1, -0.05) is 36.4 Å². The molecular formula is C16H16N2O. The van der Waals surface area contributed by atoms with Gasteiger partial charge in [-0.05, 0) is 29.7 Å². The Kier molecular flexibility index (Phi) is 3.29. The zero-order valence-corrected chi connectivity index (χ0v) is 10.7. The number of benzene rings is 2. The van der Waals surface area contributed by atoms with E-state index >= 15 is 0 Å². The van der Waals surface area contributed by atoms with Crippen molar-refractivity contribution < 1.29 is 5.11 Å². The maximum absolute atomic E-state index is 9.13. The molecule has 0 unspecified atom stereocenters. The smallest absolute Gasteiger partial charge is 0.0682 e. The van der Waals surface area contributed by atoms with Gasteiger partial charge in [0, 0.05) is 11.9 Å². The Bertz CT molecular complexity index is 674. The van der Waals surface area contributed by atoms with E-state index in [1.165, 1.54) is 5.56 Å². The summed E-state index contributed by atoms with van der Waals surface area (Å²) >= 11 is 0. The minimum Gasteiger partial charge on any atom is -0.392 e. The van der Waals surface area contributed by atoms with Crippen molar-refractivity contribution in [2.45, 2.75) is 19.6 Å². The Labute approximate surface area is 112 Å². The second-order valence-corrected chi connectivity index (χ2v) is 4.65. The zero-order valence-electron chi connectivity index (χ0n) is 10.7. The number of fused-ring (bicyclic) bond motifs is 1. The fourth-order valence-electron chi connectivity index (χ4n) is 2.29. The van der Waals surface area contributed by atoms with Crippen molar-refractivity contribution in [2.75, 3.05) is 0 Å². The maximum Gasteiger partial charge on any atom is 0.0682 e. The van der Waals surface area contributed by atoms with Crippen LogP contribution in [0.4, 0.5) is 0 Å². The van der Waals surface area contributed by atoms with Gasteiger partial charge in [0.2, 0.25) is 0 Å². The van der Waals surface area contributed by atoms with Crippen LogP contribution in [-0.4, -0.2) is 14.9 Å². The molecule has 3 heteroatoms. The van der Waals surface area contributed by atoms with E-state index in [2.05, 4.69) is 29.4 Å². The van der Waals surface area contributed by atoms with Crippen molar-refractivity contribution >= 4 is 10.9 Å². The standard InChI is InChI=1S/C16H16N2O/c19-12-14-6-7-16-15(10-14)11-17-18(16)9-8-13-4-2-1-3-5-13/h1-7,10-11,19H,8-9,12H2. The van der Waals surface area contributed by atoms with Crippen LogP contribution in [0, 0.1) is 0 Å². The largest absolute Gasteiger partial charge is 0.392 e. The van der Waals surface area contributed by atoms with E-state index in [1.807, 2.05) is 35.1 Å². The van der Waals surface area contributed by atoms with Crippen molar-refractivity contribution in [2.24, 2.45) is 0 Å². The Morgan fingerprint density at radius 3 is 2.63 bits per heavy atom. The van der Waals surface area contributed by atoms with Gasteiger partial charge in [-0.25, -0.2) is 0 Å². The van der Waals surface area contributed by atoms with Crippen LogP contribution in [0.3, 0.4) is 0 Å². The van der Waals surface area contributed by atoms with E-state index in [1.54, 1.807) is 0 Å². The highest BCUT2D eigenvalue weighted by molar-refractivity contribution is 5.79. The molecule has 1 N–H and O–H groups in total. The minimum atomic E-state index is 0.0745. The van der Waals surface area contributed by atoms with Crippen LogP contribution in [0.5, 0.6) is 0 Å². The Morgan fingerprint density at radius 2 is 1.84 bits per heavy atom. The average molecular weight is 252 g/mol. The second-order valence-electron chi connectivity index (χ2n) is 4.65. The topological polar surface area (TPSA) is 38.1 Å². The quantitative estimate of drug-likeness (QED) is 0.775. The van der Waals surface area contributed by atoms with E-state index in [0.717, 1.165) is 29.4 Å². The van der Waals surface area contributed by atoms with Crippen LogP contribution >= 0.6 is 0 Å². The summed E-state index contributed by atoms with van der Waals surface area (Å²) in [5.41, 5.74) is 3.36. The second kappa shape index (κ2) is 5.24. The molecule has 3 aromatic rings. The van der Waals surface area contributed by atoms with Crippen molar-refractivity contribution in [1.29, 1.82) is 0 Å². The molecule has 2 aromatic carbocycles. The number of hydrogen-bond donors (Lipinski definition) is 1.